The first-order chi connectivity index (χ1) is 8.90. The van der Waals surface area contributed by atoms with Crippen molar-refractivity contribution >= 4 is 10.1 Å². The highest BCUT2D eigenvalue weighted by Crippen LogP contribution is 2.89. The Kier molecular flexibility index (Phi) is 2.90. The van der Waals surface area contributed by atoms with Gasteiger partial charge in [0.15, 0.2) is 0 Å². The van der Waals surface area contributed by atoms with Crippen LogP contribution >= 0.6 is 0 Å². The molecule has 2 bridgehead atoms. The van der Waals surface area contributed by atoms with Crippen LogP contribution in [0.5, 0.6) is 0 Å². The molecule has 2 aliphatic rings. The molecule has 124 valence electrons. The second kappa shape index (κ2) is 3.53. The van der Waals surface area contributed by atoms with Crippen molar-refractivity contribution in [3.05, 3.63) is 0 Å². The van der Waals surface area contributed by atoms with Crippen LogP contribution in [0.15, 0.2) is 0 Å². The molecule has 2 saturated carbocycles. The first-order valence-electron chi connectivity index (χ1n) is 7.87. The van der Waals surface area contributed by atoms with Gasteiger partial charge < -0.3 is 0 Å². The summed E-state index contributed by atoms with van der Waals surface area (Å²) in [6.07, 6.45) is 0. The Bertz CT molecular complexity index is 602. The lowest BCUT2D eigenvalue weighted by atomic mass is 9.46. The van der Waals surface area contributed by atoms with Crippen molar-refractivity contribution in [3.63, 3.8) is 0 Å². The van der Waals surface area contributed by atoms with E-state index in [0.717, 1.165) is 0 Å². The molecule has 2 fully saturated rings. The molecule has 4 atom stereocenters. The predicted molar refractivity (Wildman–Crippen MR) is 86.7 cm³/mol. The van der Waals surface area contributed by atoms with Gasteiger partial charge in [-0.15, -0.1) is 0 Å². The summed E-state index contributed by atoms with van der Waals surface area (Å²) >= 11 is 0. The molecule has 0 aromatic carbocycles. The van der Waals surface area contributed by atoms with E-state index >= 15 is 0 Å². The van der Waals surface area contributed by atoms with E-state index in [-0.39, 0.29) is 27.6 Å². The van der Waals surface area contributed by atoms with Gasteiger partial charge in [-0.2, -0.15) is 8.42 Å². The van der Waals surface area contributed by atoms with Gasteiger partial charge in [0, 0.05) is 5.41 Å². The summed E-state index contributed by atoms with van der Waals surface area (Å²) in [5, 5.41) is 0. The van der Waals surface area contributed by atoms with E-state index in [0.29, 0.717) is 0 Å². The average molecular weight is 317 g/mol. The van der Waals surface area contributed by atoms with Crippen molar-refractivity contribution in [3.8, 4) is 0 Å². The van der Waals surface area contributed by atoms with E-state index < -0.39 is 20.3 Å². The molecular weight excluding hydrogens is 284 g/mol. The fourth-order valence-electron chi connectivity index (χ4n) is 7.14. The van der Waals surface area contributed by atoms with Crippen LogP contribution in [0.4, 0.5) is 0 Å². The molecular formula is C17H32O3S. The lowest BCUT2D eigenvalue weighted by molar-refractivity contribution is -0.0965. The van der Waals surface area contributed by atoms with Gasteiger partial charge in [0.1, 0.15) is 4.75 Å². The van der Waals surface area contributed by atoms with Crippen molar-refractivity contribution in [1.82, 2.24) is 0 Å². The summed E-state index contributed by atoms with van der Waals surface area (Å²) in [5.74, 6) is -0.122. The highest BCUT2D eigenvalue weighted by Gasteiger charge is 2.89. The summed E-state index contributed by atoms with van der Waals surface area (Å²) < 4.78 is 33.9. The van der Waals surface area contributed by atoms with Crippen molar-refractivity contribution in [2.45, 2.75) is 74.0 Å². The predicted octanol–water partition coefficient (Wildman–Crippen LogP) is 4.39. The molecule has 3 nitrogen and oxygen atoms in total. The number of hydrogen-bond acceptors (Lipinski definition) is 2. The van der Waals surface area contributed by atoms with Gasteiger partial charge in [0.05, 0.1) is 0 Å². The molecule has 0 aromatic heterocycles. The van der Waals surface area contributed by atoms with Crippen molar-refractivity contribution in [1.29, 1.82) is 0 Å². The largest absolute Gasteiger partial charge is 0.285 e. The minimum atomic E-state index is -4.17. The van der Waals surface area contributed by atoms with Crippen LogP contribution < -0.4 is 0 Å². The summed E-state index contributed by atoms with van der Waals surface area (Å²) in [5.41, 5.74) is -1.20. The zero-order valence-electron chi connectivity index (χ0n) is 15.2. The first-order valence-corrected chi connectivity index (χ1v) is 9.31. The van der Waals surface area contributed by atoms with E-state index in [1.165, 1.54) is 0 Å². The number of rotatable bonds is 1. The second-order valence-corrected chi connectivity index (χ2v) is 11.3. The Hall–Kier alpha value is -0.0900. The normalized spacial score (nSPS) is 50.3. The van der Waals surface area contributed by atoms with Crippen LogP contribution in [0, 0.1) is 33.0 Å². The Morgan fingerprint density at radius 1 is 0.762 bits per heavy atom. The van der Waals surface area contributed by atoms with Crippen LogP contribution in [0.2, 0.25) is 0 Å². The minimum Gasteiger partial charge on any atom is -0.285 e. The van der Waals surface area contributed by atoms with E-state index in [9.17, 15) is 13.0 Å². The van der Waals surface area contributed by atoms with Gasteiger partial charge in [-0.25, -0.2) is 0 Å². The molecule has 2 rings (SSSR count). The van der Waals surface area contributed by atoms with E-state index in [1.54, 1.807) is 6.92 Å². The SMILES string of the molecule is CC1C2(C)C(C)(C)C(C)(C)C(C)(C2(C)C)C1(C)S(=O)(=O)O. The third-order valence-corrected chi connectivity index (χ3v) is 11.7. The zero-order chi connectivity index (χ0) is 17.1. The minimum absolute atomic E-state index is 0.0398. The van der Waals surface area contributed by atoms with Gasteiger partial charge in [-0.05, 0) is 34.5 Å². The van der Waals surface area contributed by atoms with E-state index in [4.69, 9.17) is 0 Å². The molecule has 4 unspecified atom stereocenters. The van der Waals surface area contributed by atoms with Crippen LogP contribution in [0.3, 0.4) is 0 Å². The Morgan fingerprint density at radius 2 is 1.14 bits per heavy atom. The number of fused-ring (bicyclic) bond motifs is 2. The van der Waals surface area contributed by atoms with E-state index in [1.807, 2.05) is 6.92 Å². The molecule has 1 N–H and O–H groups in total. The smallest absolute Gasteiger partial charge is 0.271 e. The lowest BCUT2D eigenvalue weighted by Crippen LogP contribution is -2.64. The number of hydrogen-bond donors (Lipinski definition) is 1. The molecule has 0 saturated heterocycles. The Labute approximate surface area is 130 Å². The Balaban J connectivity index is 3.03. The van der Waals surface area contributed by atoms with Crippen LogP contribution in [0.25, 0.3) is 0 Å². The molecule has 0 heterocycles. The first kappa shape index (κ1) is 17.3. The van der Waals surface area contributed by atoms with E-state index in [2.05, 4.69) is 55.4 Å². The van der Waals surface area contributed by atoms with Crippen LogP contribution in [0.1, 0.15) is 69.2 Å². The maximum atomic E-state index is 12.4. The highest BCUT2D eigenvalue weighted by atomic mass is 32.2. The van der Waals surface area contributed by atoms with Gasteiger partial charge >= 0.3 is 0 Å². The van der Waals surface area contributed by atoms with Gasteiger partial charge in [0.2, 0.25) is 0 Å². The molecule has 0 radical (unpaired) electrons. The van der Waals surface area contributed by atoms with Gasteiger partial charge in [-0.1, -0.05) is 62.3 Å². The third-order valence-electron chi connectivity index (χ3n) is 9.88. The summed E-state index contributed by atoms with van der Waals surface area (Å²) in [4.78, 5) is 0. The van der Waals surface area contributed by atoms with Crippen molar-refractivity contribution in [2.75, 3.05) is 0 Å². The maximum absolute atomic E-state index is 12.4. The quantitative estimate of drug-likeness (QED) is 0.730. The molecule has 21 heavy (non-hydrogen) atoms. The molecule has 2 aliphatic carbocycles. The third kappa shape index (κ3) is 1.14. The van der Waals surface area contributed by atoms with Crippen molar-refractivity contribution in [2.24, 2.45) is 33.0 Å². The van der Waals surface area contributed by atoms with Crippen LogP contribution in [-0.4, -0.2) is 17.7 Å². The summed E-state index contributed by atoms with van der Waals surface area (Å²) in [7, 11) is -4.17. The molecule has 0 aliphatic heterocycles. The highest BCUT2D eigenvalue weighted by molar-refractivity contribution is 7.87. The fraction of sp³-hybridized carbons (Fsp3) is 1.00. The molecule has 0 amide bonds. The van der Waals surface area contributed by atoms with Gasteiger partial charge in [0.25, 0.3) is 10.1 Å². The lowest BCUT2D eigenvalue weighted by Gasteiger charge is -2.62. The van der Waals surface area contributed by atoms with Gasteiger partial charge in [-0.3, -0.25) is 4.55 Å². The average Bonchev–Trinajstić information content (AvgIpc) is 2.42. The zero-order valence-corrected chi connectivity index (χ0v) is 16.1. The second-order valence-electron chi connectivity index (χ2n) is 9.51. The topological polar surface area (TPSA) is 54.4 Å². The van der Waals surface area contributed by atoms with Crippen molar-refractivity contribution < 1.29 is 13.0 Å². The molecule has 0 spiro atoms. The fourth-order valence-corrected chi connectivity index (χ4v) is 8.85. The molecule has 4 heteroatoms. The maximum Gasteiger partial charge on any atom is 0.271 e. The van der Waals surface area contributed by atoms with Crippen LogP contribution in [-0.2, 0) is 10.1 Å². The Morgan fingerprint density at radius 3 is 1.43 bits per heavy atom. The monoisotopic (exact) mass is 316 g/mol. The standard InChI is InChI=1S/C17H32O3S/c1-11-15(8)12(2,3)13(4,5)17(10,14(15,6)7)16(11,9)21(18,19)20/h11H,1-10H3,(H,18,19,20). The summed E-state index contributed by atoms with van der Waals surface area (Å²) in [6.45, 7) is 21.3. The molecule has 0 aromatic rings. The summed E-state index contributed by atoms with van der Waals surface area (Å²) in [6, 6.07) is 0.